The summed E-state index contributed by atoms with van der Waals surface area (Å²) in [7, 11) is 1.58. The molecule has 0 aliphatic rings. The number of alkyl halides is 2. The molecule has 1 aromatic carbocycles. The van der Waals surface area contributed by atoms with Crippen molar-refractivity contribution in [2.45, 2.75) is 26.8 Å². The highest BCUT2D eigenvalue weighted by Crippen LogP contribution is 2.24. The van der Waals surface area contributed by atoms with Crippen LogP contribution < -0.4 is 5.32 Å². The minimum atomic E-state index is -2.65. The Labute approximate surface area is 126 Å². The van der Waals surface area contributed by atoms with Gasteiger partial charge in [0.1, 0.15) is 5.69 Å². The fourth-order valence-electron chi connectivity index (χ4n) is 2.34. The Bertz CT molecular complexity index is 711. The monoisotopic (exact) mass is 309 g/mol. The molecule has 0 aliphatic carbocycles. The Morgan fingerprint density at radius 2 is 2.05 bits per heavy atom. The number of nitrogens with one attached hydrogen (secondary N) is 1. The minimum absolute atomic E-state index is 0.149. The molecule has 1 heterocycles. The molecule has 5 nitrogen and oxygen atoms in total. The average Bonchev–Trinajstić information content (AvgIpc) is 2.78. The third-order valence-corrected chi connectivity index (χ3v) is 3.41. The van der Waals surface area contributed by atoms with Crippen LogP contribution in [0.4, 0.5) is 14.5 Å². The third-order valence-electron chi connectivity index (χ3n) is 3.41. The van der Waals surface area contributed by atoms with Crippen molar-refractivity contribution >= 4 is 11.7 Å². The number of anilines is 1. The maximum absolute atomic E-state index is 12.9. The van der Waals surface area contributed by atoms with Crippen molar-refractivity contribution in [3.05, 3.63) is 46.3 Å². The summed E-state index contributed by atoms with van der Waals surface area (Å²) in [5, 5.41) is 15.9. The predicted molar refractivity (Wildman–Crippen MR) is 78.4 cm³/mol. The number of carboxylic acids is 1. The van der Waals surface area contributed by atoms with E-state index in [1.54, 1.807) is 20.0 Å². The van der Waals surface area contributed by atoms with Crippen LogP contribution in [0.15, 0.2) is 18.3 Å². The Balaban J connectivity index is 2.25. The topological polar surface area (TPSA) is 67.2 Å². The fraction of sp³-hybridized carbons (Fsp3) is 0.333. The summed E-state index contributed by atoms with van der Waals surface area (Å²) in [6, 6.07) is 3.27. The predicted octanol–water partition coefficient (Wildman–Crippen LogP) is 3.28. The van der Waals surface area contributed by atoms with Crippen LogP contribution in [0.5, 0.6) is 0 Å². The smallest absolute Gasteiger partial charge is 0.336 e. The first kappa shape index (κ1) is 15.9. The van der Waals surface area contributed by atoms with Crippen molar-refractivity contribution in [1.82, 2.24) is 9.78 Å². The van der Waals surface area contributed by atoms with Crippen LogP contribution >= 0.6 is 0 Å². The van der Waals surface area contributed by atoms with E-state index in [1.807, 2.05) is 6.92 Å². The Hall–Kier alpha value is -2.44. The molecule has 0 bridgehead atoms. The summed E-state index contributed by atoms with van der Waals surface area (Å²) in [6.07, 6.45) is -1.12. The van der Waals surface area contributed by atoms with Gasteiger partial charge in [0.15, 0.2) is 0 Å². The lowest BCUT2D eigenvalue weighted by molar-refractivity contribution is 0.0696. The molecule has 0 atom stereocenters. The zero-order chi connectivity index (χ0) is 16.4. The van der Waals surface area contributed by atoms with Gasteiger partial charge in [0.05, 0.1) is 5.56 Å². The largest absolute Gasteiger partial charge is 0.478 e. The van der Waals surface area contributed by atoms with Crippen LogP contribution in [-0.4, -0.2) is 20.9 Å². The van der Waals surface area contributed by atoms with Gasteiger partial charge in [-0.25, -0.2) is 13.6 Å². The van der Waals surface area contributed by atoms with Gasteiger partial charge in [-0.3, -0.25) is 4.68 Å². The van der Waals surface area contributed by atoms with Crippen molar-refractivity contribution in [2.75, 3.05) is 5.32 Å². The van der Waals surface area contributed by atoms with E-state index >= 15 is 0 Å². The van der Waals surface area contributed by atoms with Crippen molar-refractivity contribution < 1.29 is 18.7 Å². The number of hydrogen-bond acceptors (Lipinski definition) is 3. The number of rotatable bonds is 5. The van der Waals surface area contributed by atoms with E-state index in [0.717, 1.165) is 5.56 Å². The molecule has 0 unspecified atom stereocenters. The van der Waals surface area contributed by atoms with Crippen LogP contribution in [0, 0.1) is 13.8 Å². The van der Waals surface area contributed by atoms with Gasteiger partial charge < -0.3 is 10.4 Å². The van der Waals surface area contributed by atoms with Crippen molar-refractivity contribution in [1.29, 1.82) is 0 Å². The van der Waals surface area contributed by atoms with Gasteiger partial charge in [-0.05, 0) is 31.0 Å². The first-order valence-corrected chi connectivity index (χ1v) is 6.68. The van der Waals surface area contributed by atoms with Gasteiger partial charge in [0.25, 0.3) is 6.43 Å². The molecule has 2 rings (SSSR count). The molecule has 118 valence electrons. The standard InChI is InChI=1S/C15H17F2N3O2/c1-8-4-9(2)12(5-11(8)15(21)22)18-6-10-7-20(3)19-13(10)14(16)17/h4-5,7,14,18H,6H2,1-3H3,(H,21,22). The zero-order valence-corrected chi connectivity index (χ0v) is 12.5. The molecule has 2 aromatic rings. The van der Waals surface area contributed by atoms with Crippen molar-refractivity contribution in [3.8, 4) is 0 Å². The second kappa shape index (κ2) is 6.13. The van der Waals surface area contributed by atoms with Crippen LogP contribution in [-0.2, 0) is 13.6 Å². The summed E-state index contributed by atoms with van der Waals surface area (Å²) in [5.74, 6) is -1.02. The van der Waals surface area contributed by atoms with Crippen LogP contribution in [0.2, 0.25) is 0 Å². The zero-order valence-electron chi connectivity index (χ0n) is 12.5. The highest BCUT2D eigenvalue weighted by molar-refractivity contribution is 5.91. The number of aryl methyl sites for hydroxylation is 3. The Morgan fingerprint density at radius 1 is 1.36 bits per heavy atom. The van der Waals surface area contributed by atoms with Gasteiger partial charge in [-0.1, -0.05) is 6.07 Å². The number of halogens is 2. The average molecular weight is 309 g/mol. The van der Waals surface area contributed by atoms with E-state index < -0.39 is 12.4 Å². The molecule has 0 saturated heterocycles. The summed E-state index contributed by atoms with van der Waals surface area (Å²) < 4.78 is 27.1. The molecule has 1 aromatic heterocycles. The van der Waals surface area contributed by atoms with E-state index in [-0.39, 0.29) is 17.8 Å². The molecule has 2 N–H and O–H groups in total. The lowest BCUT2D eigenvalue weighted by Gasteiger charge is -2.12. The Morgan fingerprint density at radius 3 is 2.64 bits per heavy atom. The highest BCUT2D eigenvalue weighted by Gasteiger charge is 2.17. The quantitative estimate of drug-likeness (QED) is 0.889. The first-order chi connectivity index (χ1) is 10.3. The number of aromatic nitrogens is 2. The molecule has 7 heteroatoms. The summed E-state index contributed by atoms with van der Waals surface area (Å²) >= 11 is 0. The Kier molecular flexibility index (Phi) is 4.44. The molecular weight excluding hydrogens is 292 g/mol. The summed E-state index contributed by atoms with van der Waals surface area (Å²) in [6.45, 7) is 3.70. The summed E-state index contributed by atoms with van der Waals surface area (Å²) in [4.78, 5) is 11.2. The van der Waals surface area contributed by atoms with Gasteiger partial charge in [-0.15, -0.1) is 0 Å². The lowest BCUT2D eigenvalue weighted by Crippen LogP contribution is -2.06. The number of hydrogen-bond donors (Lipinski definition) is 2. The number of nitrogens with zero attached hydrogens (tertiary/aromatic N) is 2. The van der Waals surface area contributed by atoms with Crippen LogP contribution in [0.25, 0.3) is 0 Å². The van der Waals surface area contributed by atoms with Gasteiger partial charge in [-0.2, -0.15) is 5.10 Å². The normalized spacial score (nSPS) is 11.0. The second-order valence-corrected chi connectivity index (χ2v) is 5.15. The number of carboxylic acid groups (broad SMARTS) is 1. The van der Waals surface area contributed by atoms with Gasteiger partial charge in [0.2, 0.25) is 0 Å². The molecule has 0 aliphatic heterocycles. The second-order valence-electron chi connectivity index (χ2n) is 5.15. The van der Waals surface area contributed by atoms with Gasteiger partial charge >= 0.3 is 5.97 Å². The van der Waals surface area contributed by atoms with Gasteiger partial charge in [0, 0.05) is 31.0 Å². The molecule has 22 heavy (non-hydrogen) atoms. The number of benzene rings is 1. The van der Waals surface area contributed by atoms with E-state index in [2.05, 4.69) is 10.4 Å². The maximum Gasteiger partial charge on any atom is 0.336 e. The molecule has 0 spiro atoms. The lowest BCUT2D eigenvalue weighted by atomic mass is 10.0. The maximum atomic E-state index is 12.9. The summed E-state index contributed by atoms with van der Waals surface area (Å²) in [5.41, 5.74) is 2.42. The fourth-order valence-corrected chi connectivity index (χ4v) is 2.34. The van der Waals surface area contributed by atoms with E-state index in [9.17, 15) is 13.6 Å². The number of carbonyl (C=O) groups is 1. The number of aromatic carboxylic acids is 1. The molecule has 0 saturated carbocycles. The SMILES string of the molecule is Cc1cc(C)c(C(=O)O)cc1NCc1cn(C)nc1C(F)F. The minimum Gasteiger partial charge on any atom is -0.478 e. The molecule has 0 radical (unpaired) electrons. The highest BCUT2D eigenvalue weighted by atomic mass is 19.3. The van der Waals surface area contributed by atoms with E-state index in [4.69, 9.17) is 5.11 Å². The molecule has 0 fully saturated rings. The van der Waals surface area contributed by atoms with Crippen LogP contribution in [0.1, 0.15) is 39.2 Å². The molecule has 0 amide bonds. The van der Waals surface area contributed by atoms with E-state index in [0.29, 0.717) is 16.8 Å². The van der Waals surface area contributed by atoms with Crippen molar-refractivity contribution in [3.63, 3.8) is 0 Å². The third kappa shape index (κ3) is 3.24. The van der Waals surface area contributed by atoms with E-state index in [1.165, 1.54) is 16.9 Å². The first-order valence-electron chi connectivity index (χ1n) is 6.68. The molecular formula is C15H17F2N3O2. The van der Waals surface area contributed by atoms with Crippen molar-refractivity contribution in [2.24, 2.45) is 7.05 Å². The van der Waals surface area contributed by atoms with Crippen LogP contribution in [0.3, 0.4) is 0 Å².